The first-order valence-corrected chi connectivity index (χ1v) is 10.3. The number of rotatable bonds is 5. The Morgan fingerprint density at radius 3 is 2.59 bits per heavy atom. The maximum Gasteiger partial charge on any atom is 0.501 e. The summed E-state index contributed by atoms with van der Waals surface area (Å²) in [5.41, 5.74) is -4.91. The minimum atomic E-state index is -5.56. The normalized spacial score (nSPS) is 12.4. The van der Waals surface area contributed by atoms with Crippen molar-refractivity contribution in [1.82, 2.24) is 4.98 Å². The summed E-state index contributed by atoms with van der Waals surface area (Å²) < 4.78 is 67.4. The molecule has 2 aromatic carbocycles. The van der Waals surface area contributed by atoms with Gasteiger partial charge in [-0.2, -0.15) is 13.2 Å². The molecule has 0 saturated carbocycles. The Bertz CT molecular complexity index is 1170. The number of alkyl halides is 3. The number of sulfone groups is 1. The molecular formula is C18H13F3N2O4S2. The number of hydrogen-bond acceptors (Lipinski definition) is 6. The quantitative estimate of drug-likeness (QED) is 0.597. The molecule has 0 saturated heterocycles. The SMILES string of the molecule is COc1ccc(S(=O)(=O)C(F)(F)F)cc1NC(=O)/C=C/c1nc2ccccc2s1. The van der Waals surface area contributed by atoms with Crippen LogP contribution in [0.5, 0.6) is 5.75 Å². The molecule has 0 spiro atoms. The van der Waals surface area contributed by atoms with Gasteiger partial charge in [-0.15, -0.1) is 11.3 Å². The molecule has 0 aliphatic rings. The van der Waals surface area contributed by atoms with E-state index in [1.807, 2.05) is 24.3 Å². The molecule has 1 N–H and O–H groups in total. The van der Waals surface area contributed by atoms with Gasteiger partial charge in [0.2, 0.25) is 5.91 Å². The van der Waals surface area contributed by atoms with Gasteiger partial charge in [0, 0.05) is 6.08 Å². The van der Waals surface area contributed by atoms with Crippen LogP contribution in [0, 0.1) is 0 Å². The Labute approximate surface area is 167 Å². The number of carbonyl (C=O) groups excluding carboxylic acids is 1. The molecule has 0 unspecified atom stereocenters. The van der Waals surface area contributed by atoms with Crippen LogP contribution in [-0.2, 0) is 14.6 Å². The van der Waals surface area contributed by atoms with Crippen molar-refractivity contribution in [3.05, 3.63) is 53.5 Å². The number of anilines is 1. The molecule has 3 rings (SSSR count). The van der Waals surface area contributed by atoms with Crippen LogP contribution < -0.4 is 10.1 Å². The van der Waals surface area contributed by atoms with Gasteiger partial charge in [0.25, 0.3) is 9.84 Å². The summed E-state index contributed by atoms with van der Waals surface area (Å²) in [7, 11) is -4.33. The van der Waals surface area contributed by atoms with Gasteiger partial charge in [-0.25, -0.2) is 13.4 Å². The molecule has 29 heavy (non-hydrogen) atoms. The highest BCUT2D eigenvalue weighted by Crippen LogP contribution is 2.34. The number of halogens is 3. The van der Waals surface area contributed by atoms with E-state index in [-0.39, 0.29) is 11.4 Å². The van der Waals surface area contributed by atoms with E-state index >= 15 is 0 Å². The third-order valence-electron chi connectivity index (χ3n) is 3.73. The average Bonchev–Trinajstić information content (AvgIpc) is 3.08. The molecule has 0 aliphatic carbocycles. The maximum absolute atomic E-state index is 12.8. The van der Waals surface area contributed by atoms with Crippen LogP contribution in [0.25, 0.3) is 16.3 Å². The fourth-order valence-corrected chi connectivity index (χ4v) is 4.03. The second-order valence-electron chi connectivity index (χ2n) is 5.65. The van der Waals surface area contributed by atoms with E-state index < -0.39 is 26.1 Å². The minimum Gasteiger partial charge on any atom is -0.495 e. The summed E-state index contributed by atoms with van der Waals surface area (Å²) in [4.78, 5) is 15.5. The number of benzene rings is 2. The Morgan fingerprint density at radius 1 is 1.21 bits per heavy atom. The largest absolute Gasteiger partial charge is 0.501 e. The van der Waals surface area contributed by atoms with Crippen molar-refractivity contribution < 1.29 is 31.1 Å². The van der Waals surface area contributed by atoms with Crippen molar-refractivity contribution in [3.8, 4) is 5.75 Å². The molecule has 0 bridgehead atoms. The fourth-order valence-electron chi connectivity index (χ4n) is 2.37. The fraction of sp³-hybridized carbons (Fsp3) is 0.111. The summed E-state index contributed by atoms with van der Waals surface area (Å²) in [5.74, 6) is -0.683. The third-order valence-corrected chi connectivity index (χ3v) is 6.22. The molecule has 1 amide bonds. The van der Waals surface area contributed by atoms with E-state index in [9.17, 15) is 26.4 Å². The monoisotopic (exact) mass is 442 g/mol. The number of para-hydroxylation sites is 1. The van der Waals surface area contributed by atoms with Crippen LogP contribution in [0.3, 0.4) is 0 Å². The van der Waals surface area contributed by atoms with Crippen molar-refractivity contribution in [2.45, 2.75) is 10.4 Å². The number of fused-ring (bicyclic) bond motifs is 1. The molecule has 3 aromatic rings. The molecule has 0 fully saturated rings. The van der Waals surface area contributed by atoms with Gasteiger partial charge in [0.15, 0.2) is 0 Å². The lowest BCUT2D eigenvalue weighted by atomic mass is 10.3. The molecule has 11 heteroatoms. The van der Waals surface area contributed by atoms with Gasteiger partial charge in [-0.1, -0.05) is 12.1 Å². The lowest BCUT2D eigenvalue weighted by Crippen LogP contribution is -2.23. The maximum atomic E-state index is 12.8. The second kappa shape index (κ2) is 7.84. The van der Waals surface area contributed by atoms with Gasteiger partial charge in [-0.05, 0) is 36.4 Å². The first-order valence-electron chi connectivity index (χ1n) is 7.96. The number of methoxy groups -OCH3 is 1. The zero-order valence-corrected chi connectivity index (χ0v) is 16.4. The lowest BCUT2D eigenvalue weighted by molar-refractivity contribution is -0.111. The Kier molecular flexibility index (Phi) is 5.62. The van der Waals surface area contributed by atoms with E-state index in [4.69, 9.17) is 4.74 Å². The number of nitrogens with zero attached hydrogens (tertiary/aromatic N) is 1. The van der Waals surface area contributed by atoms with Gasteiger partial charge in [0.05, 0.1) is 27.9 Å². The van der Waals surface area contributed by atoms with E-state index in [0.717, 1.165) is 28.4 Å². The number of carbonyl (C=O) groups is 1. The summed E-state index contributed by atoms with van der Waals surface area (Å²) in [6, 6.07) is 9.87. The van der Waals surface area contributed by atoms with E-state index in [2.05, 4.69) is 10.3 Å². The standard InChI is InChI=1S/C18H13F3N2O4S2/c1-27-14-7-6-11(29(25,26)18(19,20)21)10-13(14)22-16(24)8-9-17-23-12-4-2-3-5-15(12)28-17/h2-10H,1H3,(H,22,24)/b9-8+. The smallest absolute Gasteiger partial charge is 0.495 e. The molecule has 0 aliphatic heterocycles. The predicted octanol–water partition coefficient (Wildman–Crippen LogP) is 4.25. The van der Waals surface area contributed by atoms with Gasteiger partial charge >= 0.3 is 5.51 Å². The Balaban J connectivity index is 1.84. The number of aromatic nitrogens is 1. The molecular weight excluding hydrogens is 429 g/mol. The first-order chi connectivity index (χ1) is 13.6. The highest BCUT2D eigenvalue weighted by Gasteiger charge is 2.47. The van der Waals surface area contributed by atoms with Crippen molar-refractivity contribution in [1.29, 1.82) is 0 Å². The molecule has 152 valence electrons. The van der Waals surface area contributed by atoms with Crippen molar-refractivity contribution >= 4 is 49.1 Å². The highest BCUT2D eigenvalue weighted by molar-refractivity contribution is 7.92. The minimum absolute atomic E-state index is 0.00728. The zero-order chi connectivity index (χ0) is 21.2. The Morgan fingerprint density at radius 2 is 1.93 bits per heavy atom. The summed E-state index contributed by atoms with van der Waals surface area (Å²) in [6.07, 6.45) is 2.59. The summed E-state index contributed by atoms with van der Waals surface area (Å²) in [5, 5.41) is 2.88. The summed E-state index contributed by atoms with van der Waals surface area (Å²) in [6.45, 7) is 0. The zero-order valence-electron chi connectivity index (χ0n) is 14.7. The van der Waals surface area contributed by atoms with Crippen molar-refractivity contribution in [3.63, 3.8) is 0 Å². The number of nitrogens with one attached hydrogen (secondary N) is 1. The first kappa shape index (κ1) is 20.8. The third kappa shape index (κ3) is 4.40. The van der Waals surface area contributed by atoms with Crippen LogP contribution in [0.2, 0.25) is 0 Å². The Hall–Kier alpha value is -2.92. The molecule has 1 heterocycles. The number of hydrogen-bond donors (Lipinski definition) is 1. The lowest BCUT2D eigenvalue weighted by Gasteiger charge is -2.12. The van der Waals surface area contributed by atoms with Crippen molar-refractivity contribution in [2.75, 3.05) is 12.4 Å². The van der Waals surface area contributed by atoms with Crippen molar-refractivity contribution in [2.24, 2.45) is 0 Å². The molecule has 0 atom stereocenters. The van der Waals surface area contributed by atoms with Crippen LogP contribution in [0.15, 0.2) is 53.4 Å². The number of thiazole rings is 1. The molecule has 1 aromatic heterocycles. The van der Waals surface area contributed by atoms with Crippen LogP contribution in [-0.4, -0.2) is 31.9 Å². The van der Waals surface area contributed by atoms with E-state index in [1.165, 1.54) is 24.5 Å². The van der Waals surface area contributed by atoms with Crippen LogP contribution in [0.1, 0.15) is 5.01 Å². The second-order valence-corrected chi connectivity index (χ2v) is 8.66. The van der Waals surface area contributed by atoms with E-state index in [0.29, 0.717) is 11.1 Å². The molecule has 0 radical (unpaired) electrons. The van der Waals surface area contributed by atoms with Crippen LogP contribution >= 0.6 is 11.3 Å². The van der Waals surface area contributed by atoms with E-state index in [1.54, 1.807) is 0 Å². The van der Waals surface area contributed by atoms with Crippen LogP contribution in [0.4, 0.5) is 18.9 Å². The van der Waals surface area contributed by atoms with Gasteiger partial charge < -0.3 is 10.1 Å². The van der Waals surface area contributed by atoms with Gasteiger partial charge in [0.1, 0.15) is 10.8 Å². The topological polar surface area (TPSA) is 85.4 Å². The molecule has 6 nitrogen and oxygen atoms in total. The van der Waals surface area contributed by atoms with Gasteiger partial charge in [-0.3, -0.25) is 4.79 Å². The highest BCUT2D eigenvalue weighted by atomic mass is 32.2. The number of ether oxygens (including phenoxy) is 1. The number of amides is 1. The predicted molar refractivity (Wildman–Crippen MR) is 104 cm³/mol. The average molecular weight is 442 g/mol. The summed E-state index contributed by atoms with van der Waals surface area (Å²) >= 11 is 1.35.